The number of hydrogen-bond donors (Lipinski definition) is 0. The molecule has 4 heteroatoms. The Labute approximate surface area is 144 Å². The summed E-state index contributed by atoms with van der Waals surface area (Å²) < 4.78 is 11.4. The molecule has 0 radical (unpaired) electrons. The minimum absolute atomic E-state index is 0.0980. The molecule has 24 heavy (non-hydrogen) atoms. The third-order valence-electron chi connectivity index (χ3n) is 5.29. The van der Waals surface area contributed by atoms with Gasteiger partial charge in [-0.15, -0.1) is 0 Å². The predicted molar refractivity (Wildman–Crippen MR) is 93.5 cm³/mol. The van der Waals surface area contributed by atoms with Crippen molar-refractivity contribution in [3.8, 4) is 0 Å². The van der Waals surface area contributed by atoms with Gasteiger partial charge in [0.25, 0.3) is 0 Å². The summed E-state index contributed by atoms with van der Waals surface area (Å²) in [6.07, 6.45) is 4.95. The van der Waals surface area contributed by atoms with E-state index in [0.29, 0.717) is 18.4 Å². The lowest BCUT2D eigenvalue weighted by Gasteiger charge is -2.22. The van der Waals surface area contributed by atoms with Crippen LogP contribution in [0.2, 0.25) is 0 Å². The SMILES string of the molecule is C=C(C)[C@H]1C/C=C(\C)[C@@H](OC(=O)/C(C)=C\C)C[C@H]2O[C@]2(C)C(=O)C1. The fraction of sp³-hybridized carbons (Fsp3) is 0.600. The van der Waals surface area contributed by atoms with Gasteiger partial charge in [-0.1, -0.05) is 24.3 Å². The molecule has 1 aliphatic heterocycles. The quantitative estimate of drug-likeness (QED) is 0.340. The highest BCUT2D eigenvalue weighted by molar-refractivity contribution is 5.90. The number of Topliss-reactive ketones (excluding diaryl/α,β-unsaturated/α-hetero) is 1. The molecule has 0 N–H and O–H groups in total. The van der Waals surface area contributed by atoms with Crippen LogP contribution in [0.3, 0.4) is 0 Å². The molecule has 0 spiro atoms. The first-order chi connectivity index (χ1) is 11.2. The molecule has 4 atom stereocenters. The second kappa shape index (κ2) is 7.06. The molecule has 4 nitrogen and oxygen atoms in total. The van der Waals surface area contributed by atoms with Crippen molar-refractivity contribution in [3.05, 3.63) is 35.5 Å². The molecule has 1 heterocycles. The molecule has 1 aliphatic carbocycles. The van der Waals surface area contributed by atoms with Gasteiger partial charge in [0.1, 0.15) is 11.7 Å². The van der Waals surface area contributed by atoms with Crippen molar-refractivity contribution in [1.29, 1.82) is 0 Å². The Hall–Kier alpha value is -1.68. The van der Waals surface area contributed by atoms with Crippen molar-refractivity contribution in [2.45, 2.75) is 71.7 Å². The lowest BCUT2D eigenvalue weighted by atomic mass is 9.84. The Morgan fingerprint density at radius 2 is 2.12 bits per heavy atom. The fourth-order valence-corrected chi connectivity index (χ4v) is 2.99. The second-order valence-electron chi connectivity index (χ2n) is 7.17. The first kappa shape index (κ1) is 18.7. The summed E-state index contributed by atoms with van der Waals surface area (Å²) in [6, 6.07) is 0. The Bertz CT molecular complexity index is 613. The van der Waals surface area contributed by atoms with Crippen LogP contribution in [0.4, 0.5) is 0 Å². The molecule has 0 bridgehead atoms. The van der Waals surface area contributed by atoms with Crippen molar-refractivity contribution in [1.82, 2.24) is 0 Å². The van der Waals surface area contributed by atoms with Crippen LogP contribution in [-0.4, -0.2) is 29.6 Å². The van der Waals surface area contributed by atoms with E-state index in [9.17, 15) is 9.59 Å². The van der Waals surface area contributed by atoms with Gasteiger partial charge >= 0.3 is 5.97 Å². The topological polar surface area (TPSA) is 55.9 Å². The smallest absolute Gasteiger partial charge is 0.333 e. The number of epoxide rings is 1. The summed E-state index contributed by atoms with van der Waals surface area (Å²) in [5.74, 6) is -0.110. The van der Waals surface area contributed by atoms with Gasteiger partial charge in [-0.05, 0) is 52.5 Å². The summed E-state index contributed by atoms with van der Waals surface area (Å²) in [4.78, 5) is 24.7. The van der Waals surface area contributed by atoms with E-state index in [4.69, 9.17) is 9.47 Å². The minimum Gasteiger partial charge on any atom is -0.454 e. The van der Waals surface area contributed by atoms with Crippen LogP contribution in [0.1, 0.15) is 53.9 Å². The standard InChI is InChI=1S/C20H28O4/c1-7-13(4)19(22)23-16-11-18-20(6,24-18)17(21)10-15(12(2)3)9-8-14(16)5/h7-8,15-16,18H,2,9-11H2,1,3-6H3/b13-7-,14-8+/t15-,16-,18+,20+/m0/s1. The van der Waals surface area contributed by atoms with Gasteiger partial charge in [0.15, 0.2) is 5.78 Å². The minimum atomic E-state index is -0.744. The van der Waals surface area contributed by atoms with E-state index in [1.165, 1.54) is 0 Å². The molecular weight excluding hydrogens is 304 g/mol. The lowest BCUT2D eigenvalue weighted by molar-refractivity contribution is -0.143. The van der Waals surface area contributed by atoms with Crippen molar-refractivity contribution in [2.75, 3.05) is 0 Å². The maximum atomic E-state index is 12.6. The van der Waals surface area contributed by atoms with Crippen LogP contribution in [0.25, 0.3) is 0 Å². The number of ether oxygens (including phenoxy) is 2. The molecule has 132 valence electrons. The normalized spacial score (nSPS) is 36.2. The predicted octanol–water partition coefficient (Wildman–Crippen LogP) is 3.91. The van der Waals surface area contributed by atoms with E-state index in [1.807, 2.05) is 27.7 Å². The number of rotatable bonds is 3. The molecule has 0 unspecified atom stereocenters. The zero-order chi connectivity index (χ0) is 18.1. The molecule has 1 saturated heterocycles. The van der Waals surface area contributed by atoms with E-state index in [1.54, 1.807) is 13.0 Å². The average molecular weight is 332 g/mol. The van der Waals surface area contributed by atoms with Crippen LogP contribution < -0.4 is 0 Å². The summed E-state index contributed by atoms with van der Waals surface area (Å²) in [5.41, 5.74) is 1.83. The molecule has 2 aliphatic rings. The van der Waals surface area contributed by atoms with E-state index < -0.39 is 5.60 Å². The van der Waals surface area contributed by atoms with Gasteiger partial charge in [-0.25, -0.2) is 4.79 Å². The van der Waals surface area contributed by atoms with E-state index in [0.717, 1.165) is 17.6 Å². The summed E-state index contributed by atoms with van der Waals surface area (Å²) in [7, 11) is 0. The Balaban J connectivity index is 2.25. The van der Waals surface area contributed by atoms with Crippen molar-refractivity contribution in [2.24, 2.45) is 5.92 Å². The van der Waals surface area contributed by atoms with Gasteiger partial charge in [-0.3, -0.25) is 4.79 Å². The van der Waals surface area contributed by atoms with Gasteiger partial charge < -0.3 is 9.47 Å². The summed E-state index contributed by atoms with van der Waals surface area (Å²) >= 11 is 0. The second-order valence-corrected chi connectivity index (χ2v) is 7.17. The maximum Gasteiger partial charge on any atom is 0.333 e. The van der Waals surface area contributed by atoms with Crippen molar-refractivity contribution in [3.63, 3.8) is 0 Å². The van der Waals surface area contributed by atoms with E-state index in [2.05, 4.69) is 12.7 Å². The summed E-state index contributed by atoms with van der Waals surface area (Å²) in [5, 5.41) is 0. The Kier molecular flexibility index (Phi) is 5.49. The first-order valence-corrected chi connectivity index (χ1v) is 8.56. The highest BCUT2D eigenvalue weighted by atomic mass is 16.6. The van der Waals surface area contributed by atoms with E-state index in [-0.39, 0.29) is 29.9 Å². The average Bonchev–Trinajstić information content (AvgIpc) is 3.19. The fourth-order valence-electron chi connectivity index (χ4n) is 2.99. The molecule has 0 aromatic rings. The van der Waals surface area contributed by atoms with Gasteiger partial charge in [0, 0.05) is 18.4 Å². The number of ketones is 1. The number of fused-ring (bicyclic) bond motifs is 1. The largest absolute Gasteiger partial charge is 0.454 e. The molecule has 0 aromatic heterocycles. The molecular formula is C20H28O4. The first-order valence-electron chi connectivity index (χ1n) is 8.56. The molecule has 2 rings (SSSR count). The number of hydrogen-bond acceptors (Lipinski definition) is 4. The third-order valence-corrected chi connectivity index (χ3v) is 5.29. The van der Waals surface area contributed by atoms with Crippen LogP contribution in [0.5, 0.6) is 0 Å². The molecule has 0 saturated carbocycles. The van der Waals surface area contributed by atoms with Gasteiger partial charge in [-0.2, -0.15) is 0 Å². The van der Waals surface area contributed by atoms with Crippen LogP contribution in [0.15, 0.2) is 35.5 Å². The monoisotopic (exact) mass is 332 g/mol. The van der Waals surface area contributed by atoms with Crippen LogP contribution in [-0.2, 0) is 19.1 Å². The number of allylic oxidation sites excluding steroid dienone is 3. The van der Waals surface area contributed by atoms with Gasteiger partial charge in [0.05, 0.1) is 6.10 Å². The molecule has 0 amide bonds. The Morgan fingerprint density at radius 1 is 1.46 bits per heavy atom. The number of esters is 1. The van der Waals surface area contributed by atoms with Gasteiger partial charge in [0.2, 0.25) is 0 Å². The molecule has 0 aromatic carbocycles. The van der Waals surface area contributed by atoms with Crippen LogP contribution >= 0.6 is 0 Å². The molecule has 1 fully saturated rings. The number of carbonyl (C=O) groups is 2. The highest BCUT2D eigenvalue weighted by Gasteiger charge is 2.58. The zero-order valence-electron chi connectivity index (χ0n) is 15.3. The van der Waals surface area contributed by atoms with Crippen molar-refractivity contribution < 1.29 is 19.1 Å². The third kappa shape index (κ3) is 3.86. The zero-order valence-corrected chi connectivity index (χ0v) is 15.3. The van der Waals surface area contributed by atoms with E-state index >= 15 is 0 Å². The lowest BCUT2D eigenvalue weighted by Crippen LogP contribution is -2.30. The van der Waals surface area contributed by atoms with Crippen LogP contribution in [0, 0.1) is 5.92 Å². The van der Waals surface area contributed by atoms with Crippen molar-refractivity contribution >= 4 is 11.8 Å². The highest BCUT2D eigenvalue weighted by Crippen LogP contribution is 2.44. The Morgan fingerprint density at radius 3 is 2.71 bits per heavy atom. The number of carbonyl (C=O) groups excluding carboxylic acids is 2. The maximum absolute atomic E-state index is 12.6. The summed E-state index contributed by atoms with van der Waals surface area (Å²) in [6.45, 7) is 13.3.